The number of amides is 1. The number of carbonyl (C=O) groups excluding carboxylic acids is 2. The first kappa shape index (κ1) is 16.6. The van der Waals surface area contributed by atoms with Crippen molar-refractivity contribution in [2.45, 2.75) is 6.10 Å². The molecule has 0 spiro atoms. The zero-order chi connectivity index (χ0) is 17.8. The summed E-state index contributed by atoms with van der Waals surface area (Å²) in [5.41, 5.74) is 7.45. The van der Waals surface area contributed by atoms with Gasteiger partial charge in [0.15, 0.2) is 6.10 Å². The van der Waals surface area contributed by atoms with E-state index in [0.29, 0.717) is 23.5 Å². The van der Waals surface area contributed by atoms with Gasteiger partial charge in [0.1, 0.15) is 12.4 Å². The second kappa shape index (κ2) is 7.12. The number of rotatable bonds is 5. The van der Waals surface area contributed by atoms with Crippen LogP contribution in [0.3, 0.4) is 0 Å². The Hall–Kier alpha value is -3.22. The van der Waals surface area contributed by atoms with E-state index >= 15 is 0 Å². The SMILES string of the molecule is COC(=O)c1ccc(OCC2CN(c3ccc(N)cc3)C(=O)O2)cc1. The van der Waals surface area contributed by atoms with Crippen molar-refractivity contribution in [2.75, 3.05) is 30.9 Å². The van der Waals surface area contributed by atoms with E-state index in [1.165, 1.54) is 12.0 Å². The maximum Gasteiger partial charge on any atom is 0.414 e. The van der Waals surface area contributed by atoms with Gasteiger partial charge in [-0.25, -0.2) is 9.59 Å². The maximum atomic E-state index is 12.0. The molecule has 3 rings (SSSR count). The van der Waals surface area contributed by atoms with E-state index in [9.17, 15) is 9.59 Å². The summed E-state index contributed by atoms with van der Waals surface area (Å²) < 4.78 is 15.6. The summed E-state index contributed by atoms with van der Waals surface area (Å²) in [5.74, 6) is 0.171. The minimum atomic E-state index is -0.417. The number of anilines is 2. The Labute approximate surface area is 144 Å². The third-order valence-electron chi connectivity index (χ3n) is 3.79. The van der Waals surface area contributed by atoms with Gasteiger partial charge in [-0.05, 0) is 48.5 Å². The first-order valence-electron chi connectivity index (χ1n) is 7.71. The number of nitrogens with two attached hydrogens (primary N) is 1. The molecule has 1 aliphatic heterocycles. The van der Waals surface area contributed by atoms with Crippen molar-refractivity contribution in [2.24, 2.45) is 0 Å². The topological polar surface area (TPSA) is 91.1 Å². The molecule has 2 aromatic carbocycles. The highest BCUT2D eigenvalue weighted by Crippen LogP contribution is 2.23. The molecule has 130 valence electrons. The van der Waals surface area contributed by atoms with Crippen molar-refractivity contribution in [3.05, 3.63) is 54.1 Å². The Morgan fingerprint density at radius 3 is 2.52 bits per heavy atom. The van der Waals surface area contributed by atoms with Gasteiger partial charge >= 0.3 is 12.1 Å². The molecule has 0 bridgehead atoms. The summed E-state index contributed by atoms with van der Waals surface area (Å²) in [7, 11) is 1.33. The zero-order valence-electron chi connectivity index (χ0n) is 13.7. The van der Waals surface area contributed by atoms with Gasteiger partial charge in [0.25, 0.3) is 0 Å². The fraction of sp³-hybridized carbons (Fsp3) is 0.222. The quantitative estimate of drug-likeness (QED) is 0.663. The lowest BCUT2D eigenvalue weighted by Crippen LogP contribution is -2.26. The molecule has 7 nitrogen and oxygen atoms in total. The Bertz CT molecular complexity index is 758. The van der Waals surface area contributed by atoms with Crippen LogP contribution in [0.25, 0.3) is 0 Å². The molecule has 1 unspecified atom stereocenters. The van der Waals surface area contributed by atoms with Crippen LogP contribution in [0.15, 0.2) is 48.5 Å². The fourth-order valence-electron chi connectivity index (χ4n) is 2.47. The molecular formula is C18H18N2O5. The van der Waals surface area contributed by atoms with E-state index in [1.54, 1.807) is 48.5 Å². The monoisotopic (exact) mass is 342 g/mol. The van der Waals surface area contributed by atoms with Crippen LogP contribution in [0.2, 0.25) is 0 Å². The van der Waals surface area contributed by atoms with Crippen LogP contribution in [0.1, 0.15) is 10.4 Å². The molecule has 0 aliphatic carbocycles. The number of carbonyl (C=O) groups is 2. The minimum Gasteiger partial charge on any atom is -0.490 e. The molecule has 0 aromatic heterocycles. The second-order valence-corrected chi connectivity index (χ2v) is 5.53. The average Bonchev–Trinajstić information content (AvgIpc) is 3.01. The molecule has 25 heavy (non-hydrogen) atoms. The largest absolute Gasteiger partial charge is 0.490 e. The Morgan fingerprint density at radius 1 is 1.20 bits per heavy atom. The minimum absolute atomic E-state index is 0.217. The fourth-order valence-corrected chi connectivity index (χ4v) is 2.47. The number of ether oxygens (including phenoxy) is 3. The summed E-state index contributed by atoms with van der Waals surface area (Å²) in [4.78, 5) is 24.9. The van der Waals surface area contributed by atoms with Crippen LogP contribution in [0, 0.1) is 0 Å². The van der Waals surface area contributed by atoms with Crippen LogP contribution in [-0.4, -0.2) is 38.4 Å². The van der Waals surface area contributed by atoms with Crippen molar-refractivity contribution in [1.29, 1.82) is 0 Å². The van der Waals surface area contributed by atoms with Crippen molar-refractivity contribution in [3.8, 4) is 5.75 Å². The maximum absolute atomic E-state index is 12.0. The van der Waals surface area contributed by atoms with E-state index < -0.39 is 12.1 Å². The number of esters is 1. The molecule has 1 atom stereocenters. The molecule has 7 heteroatoms. The normalized spacial score (nSPS) is 16.4. The summed E-state index contributed by atoms with van der Waals surface area (Å²) >= 11 is 0. The predicted molar refractivity (Wildman–Crippen MR) is 91.7 cm³/mol. The van der Waals surface area contributed by atoms with E-state index in [4.69, 9.17) is 15.2 Å². The molecule has 0 radical (unpaired) electrons. The summed E-state index contributed by atoms with van der Waals surface area (Å²) in [6, 6.07) is 13.6. The Kier molecular flexibility index (Phi) is 4.74. The van der Waals surface area contributed by atoms with E-state index in [-0.39, 0.29) is 12.7 Å². The van der Waals surface area contributed by atoms with Gasteiger partial charge in [-0.3, -0.25) is 4.90 Å². The lowest BCUT2D eigenvalue weighted by atomic mass is 10.2. The third-order valence-corrected chi connectivity index (χ3v) is 3.79. The second-order valence-electron chi connectivity index (χ2n) is 5.53. The van der Waals surface area contributed by atoms with Crippen LogP contribution < -0.4 is 15.4 Å². The van der Waals surface area contributed by atoms with Crippen LogP contribution >= 0.6 is 0 Å². The van der Waals surface area contributed by atoms with Gasteiger partial charge in [-0.2, -0.15) is 0 Å². The number of nitrogen functional groups attached to an aromatic ring is 1. The van der Waals surface area contributed by atoms with E-state index in [2.05, 4.69) is 4.74 Å². The number of methoxy groups -OCH3 is 1. The van der Waals surface area contributed by atoms with Crippen LogP contribution in [-0.2, 0) is 9.47 Å². The predicted octanol–water partition coefficient (Wildman–Crippen LogP) is 2.46. The van der Waals surface area contributed by atoms with Crippen molar-refractivity contribution in [1.82, 2.24) is 0 Å². The molecule has 1 fully saturated rings. The standard InChI is InChI=1S/C18H18N2O5/c1-23-17(21)12-2-8-15(9-3-12)24-11-16-10-20(18(22)25-16)14-6-4-13(19)5-7-14/h2-9,16H,10-11,19H2,1H3. The van der Waals surface area contributed by atoms with Gasteiger partial charge in [-0.1, -0.05) is 0 Å². The van der Waals surface area contributed by atoms with Gasteiger partial charge in [0.2, 0.25) is 0 Å². The summed E-state index contributed by atoms with van der Waals surface area (Å²) in [5, 5.41) is 0. The van der Waals surface area contributed by atoms with Gasteiger partial charge < -0.3 is 19.9 Å². The number of hydrogen-bond acceptors (Lipinski definition) is 6. The Balaban J connectivity index is 1.56. The van der Waals surface area contributed by atoms with Crippen molar-refractivity contribution < 1.29 is 23.8 Å². The van der Waals surface area contributed by atoms with Crippen LogP contribution in [0.5, 0.6) is 5.75 Å². The molecule has 2 N–H and O–H groups in total. The number of nitrogens with zero attached hydrogens (tertiary/aromatic N) is 1. The highest BCUT2D eigenvalue weighted by molar-refractivity contribution is 5.90. The van der Waals surface area contributed by atoms with Crippen molar-refractivity contribution >= 4 is 23.4 Å². The molecule has 1 aliphatic rings. The van der Waals surface area contributed by atoms with E-state index in [0.717, 1.165) is 5.69 Å². The highest BCUT2D eigenvalue weighted by atomic mass is 16.6. The summed E-state index contributed by atoms with van der Waals surface area (Å²) in [6.07, 6.45) is -0.801. The van der Waals surface area contributed by atoms with Gasteiger partial charge in [0, 0.05) is 11.4 Å². The smallest absolute Gasteiger partial charge is 0.414 e. The first-order chi connectivity index (χ1) is 12.1. The number of benzene rings is 2. The van der Waals surface area contributed by atoms with Gasteiger partial charge in [-0.15, -0.1) is 0 Å². The molecule has 1 amide bonds. The average molecular weight is 342 g/mol. The Morgan fingerprint density at radius 2 is 1.88 bits per heavy atom. The summed E-state index contributed by atoms with van der Waals surface area (Å²) in [6.45, 7) is 0.609. The highest BCUT2D eigenvalue weighted by Gasteiger charge is 2.32. The third kappa shape index (κ3) is 3.82. The first-order valence-corrected chi connectivity index (χ1v) is 7.71. The molecule has 2 aromatic rings. The lowest BCUT2D eigenvalue weighted by molar-refractivity contribution is 0.0600. The molecule has 0 saturated carbocycles. The molecule has 1 heterocycles. The lowest BCUT2D eigenvalue weighted by Gasteiger charge is -2.13. The van der Waals surface area contributed by atoms with E-state index in [1.807, 2.05) is 0 Å². The van der Waals surface area contributed by atoms with Crippen molar-refractivity contribution in [3.63, 3.8) is 0 Å². The zero-order valence-corrected chi connectivity index (χ0v) is 13.7. The van der Waals surface area contributed by atoms with Crippen LogP contribution in [0.4, 0.5) is 16.2 Å². The van der Waals surface area contributed by atoms with Gasteiger partial charge in [0.05, 0.1) is 19.2 Å². The molecule has 1 saturated heterocycles. The molecular weight excluding hydrogens is 324 g/mol. The number of hydrogen-bond donors (Lipinski definition) is 1. The number of cyclic esters (lactones) is 1.